The highest BCUT2D eigenvalue weighted by Gasteiger charge is 2.13. The fourth-order valence-corrected chi connectivity index (χ4v) is 2.16. The van der Waals surface area contributed by atoms with E-state index in [9.17, 15) is 8.42 Å². The number of hydrogen-bond acceptors (Lipinski definition) is 2. The van der Waals surface area contributed by atoms with Crippen LogP contribution in [0.2, 0.25) is 0 Å². The highest BCUT2D eigenvalue weighted by Crippen LogP contribution is 2.22. The van der Waals surface area contributed by atoms with Crippen molar-refractivity contribution >= 4 is 20.9 Å². The topological polar surface area (TPSA) is 76.0 Å². The predicted octanol–water partition coefficient (Wildman–Crippen LogP) is 1.12. The van der Waals surface area contributed by atoms with Crippen LogP contribution in [0.1, 0.15) is 5.56 Å². The van der Waals surface area contributed by atoms with E-state index in [4.69, 9.17) is 5.14 Å². The monoisotopic (exact) mass is 210 g/mol. The van der Waals surface area contributed by atoms with Crippen LogP contribution in [0.4, 0.5) is 0 Å². The second-order valence-electron chi connectivity index (χ2n) is 3.25. The van der Waals surface area contributed by atoms with Gasteiger partial charge in [0, 0.05) is 17.1 Å². The zero-order valence-corrected chi connectivity index (χ0v) is 8.43. The highest BCUT2D eigenvalue weighted by molar-refractivity contribution is 7.89. The Morgan fingerprint density at radius 2 is 2.07 bits per heavy atom. The lowest BCUT2D eigenvalue weighted by Gasteiger charge is -1.95. The number of sulfonamides is 1. The Bertz CT molecular complexity index is 584. The summed E-state index contributed by atoms with van der Waals surface area (Å²) in [6.07, 6.45) is 1.42. The van der Waals surface area contributed by atoms with E-state index in [0.717, 1.165) is 11.1 Å². The van der Waals surface area contributed by atoms with E-state index in [-0.39, 0.29) is 4.90 Å². The number of aromatic nitrogens is 1. The van der Waals surface area contributed by atoms with Crippen molar-refractivity contribution in [2.45, 2.75) is 11.8 Å². The number of hydrogen-bond donors (Lipinski definition) is 2. The normalized spacial score (nSPS) is 12.1. The quantitative estimate of drug-likeness (QED) is 0.740. The van der Waals surface area contributed by atoms with Gasteiger partial charge in [-0.05, 0) is 18.6 Å². The van der Waals surface area contributed by atoms with Gasteiger partial charge in [0.05, 0.1) is 0 Å². The maximum absolute atomic E-state index is 11.2. The molecule has 0 aliphatic carbocycles. The minimum Gasteiger partial charge on any atom is -0.360 e. The van der Waals surface area contributed by atoms with Gasteiger partial charge in [-0.1, -0.05) is 12.1 Å². The molecular weight excluding hydrogens is 200 g/mol. The highest BCUT2D eigenvalue weighted by atomic mass is 32.2. The van der Waals surface area contributed by atoms with E-state index in [1.165, 1.54) is 6.20 Å². The summed E-state index contributed by atoms with van der Waals surface area (Å²) >= 11 is 0. The molecule has 1 aromatic heterocycles. The molecule has 0 saturated carbocycles. The summed E-state index contributed by atoms with van der Waals surface area (Å²) in [5, 5.41) is 5.69. The van der Waals surface area contributed by atoms with Gasteiger partial charge >= 0.3 is 0 Å². The number of primary sulfonamides is 1. The number of aryl methyl sites for hydroxylation is 1. The molecular formula is C9H10N2O2S. The summed E-state index contributed by atoms with van der Waals surface area (Å²) < 4.78 is 22.3. The Labute approximate surface area is 81.8 Å². The maximum Gasteiger partial charge on any atom is 0.240 e. The second-order valence-corrected chi connectivity index (χ2v) is 4.78. The van der Waals surface area contributed by atoms with E-state index in [1.807, 2.05) is 19.1 Å². The number of nitrogens with two attached hydrogens (primary N) is 1. The lowest BCUT2D eigenvalue weighted by molar-refractivity contribution is 0.598. The smallest absolute Gasteiger partial charge is 0.240 e. The van der Waals surface area contributed by atoms with Crippen molar-refractivity contribution in [1.29, 1.82) is 0 Å². The molecule has 0 saturated heterocycles. The molecule has 0 spiro atoms. The van der Waals surface area contributed by atoms with Gasteiger partial charge in [-0.25, -0.2) is 13.6 Å². The van der Waals surface area contributed by atoms with Gasteiger partial charge in [-0.2, -0.15) is 0 Å². The Morgan fingerprint density at radius 3 is 2.71 bits per heavy atom. The molecule has 0 aliphatic rings. The molecule has 14 heavy (non-hydrogen) atoms. The van der Waals surface area contributed by atoms with Crippen LogP contribution >= 0.6 is 0 Å². The van der Waals surface area contributed by atoms with Gasteiger partial charge in [0.2, 0.25) is 10.0 Å². The van der Waals surface area contributed by atoms with Gasteiger partial charge in [0.25, 0.3) is 0 Å². The maximum atomic E-state index is 11.2. The van der Waals surface area contributed by atoms with E-state index in [0.29, 0.717) is 5.39 Å². The van der Waals surface area contributed by atoms with Gasteiger partial charge in [0.15, 0.2) is 0 Å². The van der Waals surface area contributed by atoms with Crippen LogP contribution in [0.3, 0.4) is 0 Å². The molecule has 0 unspecified atom stereocenters. The average molecular weight is 210 g/mol. The lowest BCUT2D eigenvalue weighted by atomic mass is 10.2. The Balaban J connectivity index is 2.83. The number of rotatable bonds is 1. The van der Waals surface area contributed by atoms with Gasteiger partial charge in [-0.15, -0.1) is 0 Å². The average Bonchev–Trinajstić information content (AvgIpc) is 2.45. The van der Waals surface area contributed by atoms with Crippen molar-refractivity contribution in [3.05, 3.63) is 30.0 Å². The minimum atomic E-state index is -3.63. The fraction of sp³-hybridized carbons (Fsp3) is 0.111. The first-order valence-corrected chi connectivity index (χ1v) is 5.63. The third kappa shape index (κ3) is 1.40. The number of aromatic amines is 1. The third-order valence-corrected chi connectivity index (χ3v) is 3.06. The molecule has 0 aliphatic heterocycles. The van der Waals surface area contributed by atoms with Crippen molar-refractivity contribution < 1.29 is 8.42 Å². The van der Waals surface area contributed by atoms with Crippen LogP contribution in [0.15, 0.2) is 29.3 Å². The molecule has 2 aromatic rings. The molecule has 0 atom stereocenters. The molecule has 74 valence electrons. The van der Waals surface area contributed by atoms with Gasteiger partial charge in [0.1, 0.15) is 4.90 Å². The molecule has 1 aromatic carbocycles. The van der Waals surface area contributed by atoms with Crippen LogP contribution in [0, 0.1) is 6.92 Å². The summed E-state index contributed by atoms with van der Waals surface area (Å²) in [5.41, 5.74) is 1.86. The molecule has 3 N–H and O–H groups in total. The Hall–Kier alpha value is -1.33. The van der Waals surface area contributed by atoms with E-state index >= 15 is 0 Å². The fourth-order valence-electron chi connectivity index (χ4n) is 1.45. The first-order chi connectivity index (χ1) is 6.48. The van der Waals surface area contributed by atoms with Crippen LogP contribution in [-0.2, 0) is 10.0 Å². The van der Waals surface area contributed by atoms with Crippen molar-refractivity contribution in [3.63, 3.8) is 0 Å². The number of nitrogens with one attached hydrogen (secondary N) is 1. The van der Waals surface area contributed by atoms with E-state index in [2.05, 4.69) is 4.98 Å². The molecule has 4 nitrogen and oxygen atoms in total. The standard InChI is InChI=1S/C9H10N2O2S/c1-6-2-3-7-8(4-6)11-5-9(7)14(10,12)13/h2-5,11H,1H3,(H2,10,12,13). The molecule has 0 bridgehead atoms. The van der Waals surface area contributed by atoms with Gasteiger partial charge < -0.3 is 4.98 Å². The van der Waals surface area contributed by atoms with E-state index in [1.54, 1.807) is 6.07 Å². The first kappa shape index (κ1) is 9.23. The van der Waals surface area contributed by atoms with Crippen LogP contribution in [-0.4, -0.2) is 13.4 Å². The molecule has 1 heterocycles. The van der Waals surface area contributed by atoms with Crippen LogP contribution < -0.4 is 5.14 Å². The van der Waals surface area contributed by atoms with Crippen LogP contribution in [0.25, 0.3) is 10.9 Å². The van der Waals surface area contributed by atoms with Crippen molar-refractivity contribution in [3.8, 4) is 0 Å². The molecule has 5 heteroatoms. The Kier molecular flexibility index (Phi) is 1.87. The largest absolute Gasteiger partial charge is 0.360 e. The van der Waals surface area contributed by atoms with E-state index < -0.39 is 10.0 Å². The van der Waals surface area contributed by atoms with Crippen molar-refractivity contribution in [2.24, 2.45) is 5.14 Å². The number of H-pyrrole nitrogens is 1. The summed E-state index contributed by atoms with van der Waals surface area (Å²) in [4.78, 5) is 3.02. The minimum absolute atomic E-state index is 0.146. The SMILES string of the molecule is Cc1ccc2c(S(N)(=O)=O)c[nH]c2c1. The number of benzene rings is 1. The molecule has 2 rings (SSSR count). The second kappa shape index (κ2) is 2.83. The first-order valence-electron chi connectivity index (χ1n) is 4.09. The zero-order chi connectivity index (χ0) is 10.3. The Morgan fingerprint density at radius 1 is 1.36 bits per heavy atom. The molecule has 0 amide bonds. The third-order valence-electron chi connectivity index (χ3n) is 2.11. The summed E-state index contributed by atoms with van der Waals surface area (Å²) in [5.74, 6) is 0. The molecule has 0 fully saturated rings. The van der Waals surface area contributed by atoms with Crippen LogP contribution in [0.5, 0.6) is 0 Å². The summed E-state index contributed by atoms with van der Waals surface area (Å²) in [6.45, 7) is 1.94. The summed E-state index contributed by atoms with van der Waals surface area (Å²) in [7, 11) is -3.63. The number of fused-ring (bicyclic) bond motifs is 1. The summed E-state index contributed by atoms with van der Waals surface area (Å²) in [6, 6.07) is 5.48. The van der Waals surface area contributed by atoms with Crippen molar-refractivity contribution in [2.75, 3.05) is 0 Å². The van der Waals surface area contributed by atoms with Crippen molar-refractivity contribution in [1.82, 2.24) is 4.98 Å². The zero-order valence-electron chi connectivity index (χ0n) is 7.61. The van der Waals surface area contributed by atoms with Gasteiger partial charge in [-0.3, -0.25) is 0 Å². The lowest BCUT2D eigenvalue weighted by Crippen LogP contribution is -2.11. The predicted molar refractivity (Wildman–Crippen MR) is 54.4 cm³/mol. The molecule has 0 radical (unpaired) electrons.